The Kier molecular flexibility index (Phi) is 5.83. The third-order valence-electron chi connectivity index (χ3n) is 3.18. The third kappa shape index (κ3) is 3.89. The van der Waals surface area contributed by atoms with Gasteiger partial charge in [0.15, 0.2) is 0 Å². The first kappa shape index (κ1) is 14.2. The zero-order valence-corrected chi connectivity index (χ0v) is 12.3. The predicted molar refractivity (Wildman–Crippen MR) is 78.6 cm³/mol. The molecule has 0 fully saturated rings. The zero-order valence-electron chi connectivity index (χ0n) is 10.7. The summed E-state index contributed by atoms with van der Waals surface area (Å²) in [6.07, 6.45) is 3.46. The summed E-state index contributed by atoms with van der Waals surface area (Å²) < 4.78 is 5.06. The topological polar surface area (TPSA) is 21.3 Å². The summed E-state index contributed by atoms with van der Waals surface area (Å²) >= 11 is 8.02. The zero-order chi connectivity index (χ0) is 12.8. The molecule has 1 atom stereocenters. The first-order chi connectivity index (χ1) is 8.81. The van der Waals surface area contributed by atoms with Crippen LogP contribution >= 0.6 is 23.4 Å². The number of unbranched alkanes of at least 4 members (excludes halogenated alkanes) is 1. The minimum atomic E-state index is 0.461. The van der Waals surface area contributed by atoms with Gasteiger partial charge in [0.1, 0.15) is 0 Å². The lowest BCUT2D eigenvalue weighted by Crippen LogP contribution is -2.25. The average Bonchev–Trinajstić information content (AvgIpc) is 2.39. The lowest BCUT2D eigenvalue weighted by Gasteiger charge is -2.26. The standard InChI is InChI=1S/C14H20ClNOS/c1-17-8-3-2-7-16-13-6-9-18-14-5-4-11(15)10-12(13)14/h4-5,10,13,16H,2-3,6-9H2,1H3. The summed E-state index contributed by atoms with van der Waals surface area (Å²) in [6.45, 7) is 1.90. The summed E-state index contributed by atoms with van der Waals surface area (Å²) in [5, 5.41) is 4.47. The number of hydrogen-bond donors (Lipinski definition) is 1. The number of benzene rings is 1. The van der Waals surface area contributed by atoms with E-state index in [4.69, 9.17) is 16.3 Å². The van der Waals surface area contributed by atoms with Crippen LogP contribution in [-0.2, 0) is 4.74 Å². The van der Waals surface area contributed by atoms with Crippen molar-refractivity contribution in [1.82, 2.24) is 5.32 Å². The Hall–Kier alpha value is -0.220. The predicted octanol–water partition coefficient (Wildman–Crippen LogP) is 3.89. The highest BCUT2D eigenvalue weighted by atomic mass is 35.5. The molecule has 1 aromatic rings. The molecule has 1 unspecified atom stereocenters. The van der Waals surface area contributed by atoms with Gasteiger partial charge in [-0.1, -0.05) is 11.6 Å². The molecule has 1 aliphatic rings. The van der Waals surface area contributed by atoms with Crippen LogP contribution in [0.5, 0.6) is 0 Å². The Morgan fingerprint density at radius 3 is 3.17 bits per heavy atom. The maximum absolute atomic E-state index is 6.09. The quantitative estimate of drug-likeness (QED) is 0.801. The van der Waals surface area contributed by atoms with Crippen molar-refractivity contribution in [2.45, 2.75) is 30.2 Å². The molecule has 0 saturated carbocycles. The molecule has 0 spiro atoms. The minimum absolute atomic E-state index is 0.461. The van der Waals surface area contributed by atoms with Crippen molar-refractivity contribution in [1.29, 1.82) is 0 Å². The molecule has 0 saturated heterocycles. The van der Waals surface area contributed by atoms with E-state index in [2.05, 4.69) is 17.4 Å². The molecule has 1 N–H and O–H groups in total. The van der Waals surface area contributed by atoms with Gasteiger partial charge in [-0.25, -0.2) is 0 Å². The number of hydrogen-bond acceptors (Lipinski definition) is 3. The van der Waals surface area contributed by atoms with E-state index in [1.807, 2.05) is 17.8 Å². The molecule has 4 heteroatoms. The molecule has 0 bridgehead atoms. The Balaban J connectivity index is 1.89. The summed E-state index contributed by atoms with van der Waals surface area (Å²) in [4.78, 5) is 1.38. The third-order valence-corrected chi connectivity index (χ3v) is 4.54. The van der Waals surface area contributed by atoms with Gasteiger partial charge in [0, 0.05) is 29.7 Å². The van der Waals surface area contributed by atoms with E-state index in [1.54, 1.807) is 7.11 Å². The summed E-state index contributed by atoms with van der Waals surface area (Å²) in [7, 11) is 1.75. The van der Waals surface area contributed by atoms with Crippen LogP contribution in [0.2, 0.25) is 5.02 Å². The fraction of sp³-hybridized carbons (Fsp3) is 0.571. The number of methoxy groups -OCH3 is 1. The largest absolute Gasteiger partial charge is 0.385 e. The van der Waals surface area contributed by atoms with Crippen molar-refractivity contribution in [3.05, 3.63) is 28.8 Å². The molecule has 2 nitrogen and oxygen atoms in total. The molecular weight excluding hydrogens is 266 g/mol. The fourth-order valence-electron chi connectivity index (χ4n) is 2.23. The van der Waals surface area contributed by atoms with Gasteiger partial charge in [-0.3, -0.25) is 0 Å². The number of rotatable bonds is 6. The second-order valence-electron chi connectivity index (χ2n) is 4.53. The van der Waals surface area contributed by atoms with E-state index in [1.165, 1.54) is 22.6 Å². The highest BCUT2D eigenvalue weighted by molar-refractivity contribution is 7.99. The van der Waals surface area contributed by atoms with Crippen molar-refractivity contribution >= 4 is 23.4 Å². The molecule has 2 rings (SSSR count). The summed E-state index contributed by atoms with van der Waals surface area (Å²) in [5.74, 6) is 1.18. The van der Waals surface area contributed by atoms with Gasteiger partial charge < -0.3 is 10.1 Å². The highest BCUT2D eigenvalue weighted by Gasteiger charge is 2.20. The van der Waals surface area contributed by atoms with Crippen LogP contribution in [0.3, 0.4) is 0 Å². The monoisotopic (exact) mass is 285 g/mol. The van der Waals surface area contributed by atoms with Crippen LogP contribution in [0, 0.1) is 0 Å². The Morgan fingerprint density at radius 1 is 1.44 bits per heavy atom. The van der Waals surface area contributed by atoms with Crippen LogP contribution in [0.15, 0.2) is 23.1 Å². The van der Waals surface area contributed by atoms with Crippen molar-refractivity contribution in [3.63, 3.8) is 0 Å². The van der Waals surface area contributed by atoms with E-state index in [-0.39, 0.29) is 0 Å². The number of fused-ring (bicyclic) bond motifs is 1. The van der Waals surface area contributed by atoms with Crippen LogP contribution in [-0.4, -0.2) is 26.0 Å². The van der Waals surface area contributed by atoms with E-state index < -0.39 is 0 Å². The molecule has 1 aromatic carbocycles. The first-order valence-electron chi connectivity index (χ1n) is 6.46. The second-order valence-corrected chi connectivity index (χ2v) is 6.10. The average molecular weight is 286 g/mol. The van der Waals surface area contributed by atoms with Crippen molar-refractivity contribution in [2.75, 3.05) is 26.0 Å². The Labute approximate surface area is 118 Å². The van der Waals surface area contributed by atoms with Crippen molar-refractivity contribution in [3.8, 4) is 0 Å². The molecule has 100 valence electrons. The van der Waals surface area contributed by atoms with E-state index >= 15 is 0 Å². The minimum Gasteiger partial charge on any atom is -0.385 e. The van der Waals surface area contributed by atoms with Gasteiger partial charge >= 0.3 is 0 Å². The van der Waals surface area contributed by atoms with Gasteiger partial charge in [-0.15, -0.1) is 11.8 Å². The molecule has 0 aliphatic carbocycles. The van der Waals surface area contributed by atoms with Gasteiger partial charge in [-0.05, 0) is 55.3 Å². The van der Waals surface area contributed by atoms with Crippen molar-refractivity contribution < 1.29 is 4.74 Å². The Bertz CT molecular complexity index is 386. The van der Waals surface area contributed by atoms with Crippen LogP contribution in [0.4, 0.5) is 0 Å². The summed E-state index contributed by atoms with van der Waals surface area (Å²) in [5.41, 5.74) is 1.37. The second kappa shape index (κ2) is 7.39. The summed E-state index contributed by atoms with van der Waals surface area (Å²) in [6, 6.07) is 6.69. The van der Waals surface area contributed by atoms with Crippen LogP contribution in [0.25, 0.3) is 0 Å². The molecule has 1 aliphatic heterocycles. The number of ether oxygens (including phenoxy) is 1. The number of thioether (sulfide) groups is 1. The Morgan fingerprint density at radius 2 is 2.33 bits per heavy atom. The van der Waals surface area contributed by atoms with Gasteiger partial charge in [-0.2, -0.15) is 0 Å². The fourth-order valence-corrected chi connectivity index (χ4v) is 3.51. The number of nitrogens with one attached hydrogen (secondary N) is 1. The van der Waals surface area contributed by atoms with Crippen molar-refractivity contribution in [2.24, 2.45) is 0 Å². The van der Waals surface area contributed by atoms with E-state index in [0.29, 0.717) is 6.04 Å². The molecule has 0 amide bonds. The first-order valence-corrected chi connectivity index (χ1v) is 7.82. The van der Waals surface area contributed by atoms with Crippen LogP contribution < -0.4 is 5.32 Å². The van der Waals surface area contributed by atoms with Gasteiger partial charge in [0.25, 0.3) is 0 Å². The molecule has 0 radical (unpaired) electrons. The van der Waals surface area contributed by atoms with Crippen LogP contribution in [0.1, 0.15) is 30.9 Å². The normalized spacial score (nSPS) is 18.7. The maximum atomic E-state index is 6.09. The van der Waals surface area contributed by atoms with Gasteiger partial charge in [0.2, 0.25) is 0 Å². The van der Waals surface area contributed by atoms with E-state index in [0.717, 1.165) is 31.0 Å². The van der Waals surface area contributed by atoms with Gasteiger partial charge in [0.05, 0.1) is 0 Å². The van der Waals surface area contributed by atoms with E-state index in [9.17, 15) is 0 Å². The maximum Gasteiger partial charge on any atom is 0.0462 e. The number of halogens is 1. The molecular formula is C14H20ClNOS. The molecule has 0 aromatic heterocycles. The lowest BCUT2D eigenvalue weighted by molar-refractivity contribution is 0.192. The molecule has 18 heavy (non-hydrogen) atoms. The smallest absolute Gasteiger partial charge is 0.0462 e. The highest BCUT2D eigenvalue weighted by Crippen LogP contribution is 2.37. The molecule has 1 heterocycles. The lowest BCUT2D eigenvalue weighted by atomic mass is 10.0. The SMILES string of the molecule is COCCCCNC1CCSc2ccc(Cl)cc21.